The largest absolute Gasteiger partial charge is 0.399 e. The first kappa shape index (κ1) is 14.2. The average Bonchev–Trinajstić information content (AvgIpc) is 2.41. The van der Waals surface area contributed by atoms with Gasteiger partial charge in [-0.25, -0.2) is 4.21 Å². The van der Waals surface area contributed by atoms with E-state index in [2.05, 4.69) is 15.0 Å². The number of nitrogens with zero attached hydrogens (tertiary/aromatic N) is 2. The predicted octanol–water partition coefficient (Wildman–Crippen LogP) is 3.54. The highest BCUT2D eigenvalue weighted by molar-refractivity contribution is 7.80. The summed E-state index contributed by atoms with van der Waals surface area (Å²) in [6.07, 6.45) is 0. The number of azo groups is 1. The number of nitrogens with two attached hydrogens (primary N) is 1. The van der Waals surface area contributed by atoms with Crippen LogP contribution in [0, 0.1) is 6.92 Å². The number of nitrogen functional groups attached to an aromatic ring is 1. The molecule has 2 aromatic rings. The smallest absolute Gasteiger partial charge is 0.259 e. The van der Waals surface area contributed by atoms with E-state index in [0.717, 1.165) is 16.9 Å². The van der Waals surface area contributed by atoms with Gasteiger partial charge in [0, 0.05) is 11.4 Å². The van der Waals surface area contributed by atoms with Crippen LogP contribution in [0.1, 0.15) is 5.56 Å². The summed E-state index contributed by atoms with van der Waals surface area (Å²) in [4.78, 5) is 0. The molecule has 6 nitrogen and oxygen atoms in total. The molecule has 0 aliphatic rings. The third-order valence-corrected chi connectivity index (χ3v) is 3.02. The van der Waals surface area contributed by atoms with Crippen LogP contribution < -0.4 is 10.5 Å². The molecule has 0 saturated heterocycles. The maximum absolute atomic E-state index is 10.6. The Morgan fingerprint density at radius 1 is 1.10 bits per heavy atom. The van der Waals surface area contributed by atoms with Gasteiger partial charge in [-0.2, -0.15) is 10.2 Å². The van der Waals surface area contributed by atoms with Gasteiger partial charge in [0.25, 0.3) is 11.3 Å². The third kappa shape index (κ3) is 3.87. The van der Waals surface area contributed by atoms with Crippen molar-refractivity contribution in [1.29, 1.82) is 0 Å². The van der Waals surface area contributed by atoms with Crippen molar-refractivity contribution in [2.45, 2.75) is 6.92 Å². The van der Waals surface area contributed by atoms with Crippen molar-refractivity contribution >= 4 is 34.0 Å². The van der Waals surface area contributed by atoms with E-state index in [9.17, 15) is 4.21 Å². The second-order valence-electron chi connectivity index (χ2n) is 4.14. The van der Waals surface area contributed by atoms with Crippen LogP contribution in [0.15, 0.2) is 52.7 Å². The Morgan fingerprint density at radius 2 is 1.70 bits per heavy atom. The number of nitrogens with one attached hydrogen (secondary N) is 1. The van der Waals surface area contributed by atoms with Gasteiger partial charge in [-0.3, -0.25) is 9.27 Å². The molecule has 2 rings (SSSR count). The summed E-state index contributed by atoms with van der Waals surface area (Å²) < 4.78 is 21.6. The fraction of sp³-hybridized carbons (Fsp3) is 0.0769. The number of rotatable bonds is 4. The Morgan fingerprint density at radius 3 is 2.30 bits per heavy atom. The van der Waals surface area contributed by atoms with E-state index in [1.807, 2.05) is 13.0 Å². The van der Waals surface area contributed by atoms with Crippen molar-refractivity contribution in [2.24, 2.45) is 10.2 Å². The van der Waals surface area contributed by atoms with Gasteiger partial charge < -0.3 is 5.73 Å². The standard InChI is InChI=1S/C13H14N4O2S/c1-9-8-12(6-7-13(9)14)16-15-10-2-4-11(5-3-10)17-20(18)19/h2-8,17H,14H2,1H3,(H,18,19). The van der Waals surface area contributed by atoms with Gasteiger partial charge in [-0.15, -0.1) is 0 Å². The van der Waals surface area contributed by atoms with Gasteiger partial charge in [0.2, 0.25) is 0 Å². The van der Waals surface area contributed by atoms with Crippen LogP contribution >= 0.6 is 0 Å². The highest BCUT2D eigenvalue weighted by Crippen LogP contribution is 2.23. The number of benzene rings is 2. The zero-order chi connectivity index (χ0) is 14.5. The summed E-state index contributed by atoms with van der Waals surface area (Å²) in [6, 6.07) is 12.1. The molecule has 0 radical (unpaired) electrons. The summed E-state index contributed by atoms with van der Waals surface area (Å²) in [5.41, 5.74) is 9.30. The molecular weight excluding hydrogens is 276 g/mol. The van der Waals surface area contributed by atoms with Gasteiger partial charge in [0.05, 0.1) is 11.4 Å². The molecule has 0 bridgehead atoms. The molecule has 104 valence electrons. The Balaban J connectivity index is 2.10. The van der Waals surface area contributed by atoms with Crippen molar-refractivity contribution in [1.82, 2.24) is 0 Å². The molecule has 20 heavy (non-hydrogen) atoms. The molecule has 1 unspecified atom stereocenters. The van der Waals surface area contributed by atoms with E-state index in [1.165, 1.54) is 0 Å². The lowest BCUT2D eigenvalue weighted by molar-refractivity contribution is 0.570. The van der Waals surface area contributed by atoms with E-state index in [1.54, 1.807) is 36.4 Å². The first-order chi connectivity index (χ1) is 9.54. The van der Waals surface area contributed by atoms with Gasteiger partial charge >= 0.3 is 0 Å². The fourth-order valence-electron chi connectivity index (χ4n) is 1.53. The van der Waals surface area contributed by atoms with E-state index >= 15 is 0 Å². The normalized spacial score (nSPS) is 12.5. The lowest BCUT2D eigenvalue weighted by Gasteiger charge is -2.01. The summed E-state index contributed by atoms with van der Waals surface area (Å²) in [5.74, 6) is 0. The Hall–Kier alpha value is -2.25. The predicted molar refractivity (Wildman–Crippen MR) is 80.6 cm³/mol. The minimum atomic E-state index is -2.08. The molecule has 1 atom stereocenters. The first-order valence-electron chi connectivity index (χ1n) is 5.80. The van der Waals surface area contributed by atoms with Crippen molar-refractivity contribution in [3.63, 3.8) is 0 Å². The lowest BCUT2D eigenvalue weighted by Crippen LogP contribution is -2.00. The molecule has 0 spiro atoms. The SMILES string of the molecule is Cc1cc(N=Nc2ccc(NS(=O)O)cc2)ccc1N. The molecule has 2 aromatic carbocycles. The molecule has 0 aliphatic carbocycles. The van der Waals surface area contributed by atoms with Crippen molar-refractivity contribution in [2.75, 3.05) is 10.5 Å². The summed E-state index contributed by atoms with van der Waals surface area (Å²) >= 11 is -2.08. The van der Waals surface area contributed by atoms with Gasteiger partial charge in [0.1, 0.15) is 0 Å². The second kappa shape index (κ2) is 6.27. The van der Waals surface area contributed by atoms with Crippen LogP contribution in [0.25, 0.3) is 0 Å². The molecule has 7 heteroatoms. The lowest BCUT2D eigenvalue weighted by atomic mass is 10.2. The molecule has 4 N–H and O–H groups in total. The van der Waals surface area contributed by atoms with Crippen LogP contribution in [-0.2, 0) is 11.3 Å². The van der Waals surface area contributed by atoms with Gasteiger partial charge in [-0.1, -0.05) is 0 Å². The van der Waals surface area contributed by atoms with Crippen LogP contribution in [0.3, 0.4) is 0 Å². The van der Waals surface area contributed by atoms with Crippen molar-refractivity contribution < 1.29 is 8.76 Å². The van der Waals surface area contributed by atoms with E-state index < -0.39 is 11.3 Å². The molecule has 0 amide bonds. The second-order valence-corrected chi connectivity index (χ2v) is 4.84. The van der Waals surface area contributed by atoms with Gasteiger partial charge in [-0.05, 0) is 55.0 Å². The maximum atomic E-state index is 10.6. The minimum Gasteiger partial charge on any atom is -0.399 e. The van der Waals surface area contributed by atoms with E-state index in [0.29, 0.717) is 11.4 Å². The van der Waals surface area contributed by atoms with Crippen LogP contribution in [0.4, 0.5) is 22.7 Å². The quantitative estimate of drug-likeness (QED) is 0.456. The Kier molecular flexibility index (Phi) is 4.44. The Bertz CT molecular complexity index is 656. The van der Waals surface area contributed by atoms with Gasteiger partial charge in [0.15, 0.2) is 0 Å². The molecule has 0 fully saturated rings. The average molecular weight is 290 g/mol. The maximum Gasteiger partial charge on any atom is 0.259 e. The summed E-state index contributed by atoms with van der Waals surface area (Å²) in [5, 5.41) is 8.19. The van der Waals surface area contributed by atoms with Crippen LogP contribution in [-0.4, -0.2) is 8.76 Å². The zero-order valence-corrected chi connectivity index (χ0v) is 11.6. The van der Waals surface area contributed by atoms with E-state index in [-0.39, 0.29) is 0 Å². The monoisotopic (exact) mass is 290 g/mol. The zero-order valence-electron chi connectivity index (χ0n) is 10.8. The molecule has 0 heterocycles. The number of aryl methyl sites for hydroxylation is 1. The number of hydrogen-bond acceptors (Lipinski definition) is 4. The third-order valence-electron chi connectivity index (χ3n) is 2.61. The first-order valence-corrected chi connectivity index (χ1v) is 6.91. The Labute approximate surface area is 119 Å². The van der Waals surface area contributed by atoms with Crippen LogP contribution in [0.5, 0.6) is 0 Å². The summed E-state index contributed by atoms with van der Waals surface area (Å²) in [7, 11) is 0. The minimum absolute atomic E-state index is 0.535. The molecule has 0 aliphatic heterocycles. The molecular formula is C13H14N4O2S. The molecule has 0 saturated carbocycles. The topological polar surface area (TPSA) is 100 Å². The van der Waals surface area contributed by atoms with Crippen molar-refractivity contribution in [3.8, 4) is 0 Å². The molecule has 0 aromatic heterocycles. The number of hydrogen-bond donors (Lipinski definition) is 3. The van der Waals surface area contributed by atoms with Crippen molar-refractivity contribution in [3.05, 3.63) is 48.0 Å². The van der Waals surface area contributed by atoms with Crippen LogP contribution in [0.2, 0.25) is 0 Å². The summed E-state index contributed by atoms with van der Waals surface area (Å²) in [6.45, 7) is 1.91. The highest BCUT2D eigenvalue weighted by atomic mass is 32.2. The fourth-order valence-corrected chi connectivity index (χ4v) is 1.87. The number of anilines is 2. The highest BCUT2D eigenvalue weighted by Gasteiger charge is 1.97. The van der Waals surface area contributed by atoms with E-state index in [4.69, 9.17) is 10.3 Å².